The highest BCUT2D eigenvalue weighted by molar-refractivity contribution is 14.1. The molecule has 1 aromatic carbocycles. The third-order valence-corrected chi connectivity index (χ3v) is 4.83. The smallest absolute Gasteiger partial charge is 0.270 e. The second-order valence-electron chi connectivity index (χ2n) is 5.68. The molecule has 1 aliphatic heterocycles. The zero-order valence-electron chi connectivity index (χ0n) is 13.1. The number of hydrogen-bond donors (Lipinski definition) is 1. The molecule has 0 saturated carbocycles. The van der Waals surface area contributed by atoms with Crippen LogP contribution in [0, 0.1) is 13.7 Å². The van der Waals surface area contributed by atoms with Crippen molar-refractivity contribution in [2.45, 2.75) is 6.42 Å². The highest BCUT2D eigenvalue weighted by Gasteiger charge is 2.15. The predicted molar refractivity (Wildman–Crippen MR) is 96.7 cm³/mol. The number of non-ortho nitro benzene ring substituents is 1. The number of carbonyl (C=O) groups is 1. The molecule has 7 nitrogen and oxygen atoms in total. The summed E-state index contributed by atoms with van der Waals surface area (Å²) in [5, 5.41) is 13.6. The lowest BCUT2D eigenvalue weighted by Gasteiger charge is -2.32. The Hall–Kier alpha value is -1.26. The monoisotopic (exact) mass is 432 g/mol. The second kappa shape index (κ2) is 8.55. The molecule has 2 rings (SSSR count). The van der Waals surface area contributed by atoms with Gasteiger partial charge in [0.05, 0.1) is 10.5 Å². The van der Waals surface area contributed by atoms with Gasteiger partial charge in [0.2, 0.25) is 0 Å². The number of likely N-dealkylation sites (N-methyl/N-ethyl adjacent to an activating group) is 1. The van der Waals surface area contributed by atoms with Crippen molar-refractivity contribution in [3.05, 3.63) is 37.4 Å². The molecule has 1 heterocycles. The van der Waals surface area contributed by atoms with E-state index >= 15 is 0 Å². The first-order valence-electron chi connectivity index (χ1n) is 7.60. The van der Waals surface area contributed by atoms with Crippen LogP contribution in [-0.4, -0.2) is 66.9 Å². The maximum absolute atomic E-state index is 12.1. The van der Waals surface area contributed by atoms with Gasteiger partial charge in [-0.05, 0) is 48.7 Å². The third-order valence-electron chi connectivity index (χ3n) is 3.94. The summed E-state index contributed by atoms with van der Waals surface area (Å²) in [7, 11) is 2.13. The van der Waals surface area contributed by atoms with Gasteiger partial charge in [0.15, 0.2) is 0 Å². The topological polar surface area (TPSA) is 78.7 Å². The Kier molecular flexibility index (Phi) is 6.72. The van der Waals surface area contributed by atoms with E-state index in [9.17, 15) is 14.9 Å². The summed E-state index contributed by atoms with van der Waals surface area (Å²) in [5.74, 6) is -0.178. The molecule has 0 radical (unpaired) electrons. The summed E-state index contributed by atoms with van der Waals surface area (Å²) in [5.41, 5.74) is 0.483. The molecule has 1 aliphatic rings. The van der Waals surface area contributed by atoms with Gasteiger partial charge in [0.1, 0.15) is 0 Å². The fourth-order valence-corrected chi connectivity index (χ4v) is 3.22. The van der Waals surface area contributed by atoms with Crippen molar-refractivity contribution in [3.8, 4) is 0 Å². The van der Waals surface area contributed by atoms with E-state index in [4.69, 9.17) is 0 Å². The van der Waals surface area contributed by atoms with E-state index in [1.807, 2.05) is 22.6 Å². The van der Waals surface area contributed by atoms with Gasteiger partial charge in [0.25, 0.3) is 11.6 Å². The average molecular weight is 432 g/mol. The first-order valence-corrected chi connectivity index (χ1v) is 8.68. The van der Waals surface area contributed by atoms with E-state index < -0.39 is 4.92 Å². The van der Waals surface area contributed by atoms with Crippen LogP contribution in [0.3, 0.4) is 0 Å². The highest BCUT2D eigenvalue weighted by atomic mass is 127. The number of piperazine rings is 1. The first kappa shape index (κ1) is 18.1. The van der Waals surface area contributed by atoms with E-state index in [2.05, 4.69) is 22.2 Å². The molecular weight excluding hydrogens is 411 g/mol. The van der Waals surface area contributed by atoms with Gasteiger partial charge in [-0.2, -0.15) is 0 Å². The van der Waals surface area contributed by atoms with Crippen LogP contribution in [0.25, 0.3) is 0 Å². The largest absolute Gasteiger partial charge is 0.352 e. The molecular formula is C15H21IN4O3. The molecule has 0 unspecified atom stereocenters. The summed E-state index contributed by atoms with van der Waals surface area (Å²) in [6.45, 7) is 5.92. The zero-order valence-corrected chi connectivity index (χ0v) is 15.3. The Morgan fingerprint density at radius 3 is 2.65 bits per heavy atom. The number of nitro groups is 1. The van der Waals surface area contributed by atoms with Gasteiger partial charge in [-0.1, -0.05) is 0 Å². The minimum Gasteiger partial charge on any atom is -0.352 e. The molecule has 8 heteroatoms. The third kappa shape index (κ3) is 5.40. The summed E-state index contributed by atoms with van der Waals surface area (Å²) < 4.78 is 0.591. The normalized spacial score (nSPS) is 16.3. The number of nitrogens with zero attached hydrogens (tertiary/aromatic N) is 3. The zero-order chi connectivity index (χ0) is 16.8. The lowest BCUT2D eigenvalue weighted by Crippen LogP contribution is -2.45. The van der Waals surface area contributed by atoms with Crippen LogP contribution in [0.2, 0.25) is 0 Å². The number of hydrogen-bond acceptors (Lipinski definition) is 5. The number of amides is 1. The Bertz CT molecular complexity index is 574. The van der Waals surface area contributed by atoms with Gasteiger partial charge in [-0.3, -0.25) is 14.9 Å². The number of benzene rings is 1. The Labute approximate surface area is 149 Å². The quantitative estimate of drug-likeness (QED) is 0.320. The number of rotatable bonds is 6. The highest BCUT2D eigenvalue weighted by Crippen LogP contribution is 2.19. The van der Waals surface area contributed by atoms with Gasteiger partial charge >= 0.3 is 0 Å². The van der Waals surface area contributed by atoms with Crippen LogP contribution >= 0.6 is 22.6 Å². The maximum Gasteiger partial charge on any atom is 0.270 e. The van der Waals surface area contributed by atoms with E-state index in [1.165, 1.54) is 18.2 Å². The van der Waals surface area contributed by atoms with Crippen molar-refractivity contribution in [1.29, 1.82) is 0 Å². The van der Waals surface area contributed by atoms with E-state index in [0.29, 0.717) is 15.7 Å². The summed E-state index contributed by atoms with van der Waals surface area (Å²) in [6, 6.07) is 4.29. The van der Waals surface area contributed by atoms with E-state index in [-0.39, 0.29) is 11.6 Å². The lowest BCUT2D eigenvalue weighted by molar-refractivity contribution is -0.384. The molecule has 0 bridgehead atoms. The van der Waals surface area contributed by atoms with Crippen molar-refractivity contribution in [1.82, 2.24) is 15.1 Å². The number of nitro benzene ring substituents is 1. The SMILES string of the molecule is CN1CCN(CCCNC(=O)c2ccc([N+](=O)[O-])cc2I)CC1. The molecule has 23 heavy (non-hydrogen) atoms. The minimum absolute atomic E-state index is 0.000941. The standard InChI is InChI=1S/C15H21IN4O3/c1-18-7-9-19(10-8-18)6-2-5-17-15(21)13-4-3-12(20(22)23)11-14(13)16/h3-4,11H,2,5-10H2,1H3,(H,17,21). The molecule has 1 N–H and O–H groups in total. The summed E-state index contributed by atoms with van der Waals surface area (Å²) in [6.07, 6.45) is 0.902. The van der Waals surface area contributed by atoms with Crippen molar-refractivity contribution < 1.29 is 9.72 Å². The molecule has 0 spiro atoms. The van der Waals surface area contributed by atoms with Crippen molar-refractivity contribution in [2.24, 2.45) is 0 Å². The fraction of sp³-hybridized carbons (Fsp3) is 0.533. The molecule has 0 aliphatic carbocycles. The molecule has 1 amide bonds. The lowest BCUT2D eigenvalue weighted by atomic mass is 10.2. The summed E-state index contributed by atoms with van der Waals surface area (Å²) >= 11 is 1.95. The van der Waals surface area contributed by atoms with Gasteiger partial charge in [-0.15, -0.1) is 0 Å². The first-order chi connectivity index (χ1) is 11.0. The Balaban J connectivity index is 1.75. The Morgan fingerprint density at radius 2 is 2.04 bits per heavy atom. The van der Waals surface area contributed by atoms with Crippen LogP contribution in [0.15, 0.2) is 18.2 Å². The van der Waals surface area contributed by atoms with Gasteiger partial charge in [-0.25, -0.2) is 0 Å². The number of halogens is 1. The minimum atomic E-state index is -0.458. The van der Waals surface area contributed by atoms with E-state index in [0.717, 1.165) is 39.1 Å². The molecule has 1 fully saturated rings. The molecule has 1 aromatic rings. The van der Waals surface area contributed by atoms with Crippen LogP contribution in [0.1, 0.15) is 16.8 Å². The molecule has 0 aromatic heterocycles. The maximum atomic E-state index is 12.1. The van der Waals surface area contributed by atoms with Crippen LogP contribution in [0.4, 0.5) is 5.69 Å². The van der Waals surface area contributed by atoms with Crippen molar-refractivity contribution in [3.63, 3.8) is 0 Å². The van der Waals surface area contributed by atoms with Crippen LogP contribution in [0.5, 0.6) is 0 Å². The predicted octanol–water partition coefficient (Wildman–Crippen LogP) is 1.57. The van der Waals surface area contributed by atoms with Gasteiger partial charge < -0.3 is 15.1 Å². The second-order valence-corrected chi connectivity index (χ2v) is 6.84. The molecule has 126 valence electrons. The summed E-state index contributed by atoms with van der Waals surface area (Å²) in [4.78, 5) is 27.1. The molecule has 1 saturated heterocycles. The fourth-order valence-electron chi connectivity index (χ4n) is 2.47. The van der Waals surface area contributed by atoms with Crippen molar-refractivity contribution >= 4 is 34.2 Å². The van der Waals surface area contributed by atoms with Gasteiger partial charge in [0, 0.05) is 48.4 Å². The molecule has 0 atom stereocenters. The number of nitrogens with one attached hydrogen (secondary N) is 1. The Morgan fingerprint density at radius 1 is 1.35 bits per heavy atom. The van der Waals surface area contributed by atoms with Crippen LogP contribution in [-0.2, 0) is 0 Å². The van der Waals surface area contributed by atoms with E-state index in [1.54, 1.807) is 0 Å². The van der Waals surface area contributed by atoms with Crippen LogP contribution < -0.4 is 5.32 Å². The average Bonchev–Trinajstić information content (AvgIpc) is 2.52. The number of carbonyl (C=O) groups excluding carboxylic acids is 1. The van der Waals surface area contributed by atoms with Crippen molar-refractivity contribution in [2.75, 3.05) is 46.3 Å².